The van der Waals surface area contributed by atoms with E-state index in [9.17, 15) is 17.6 Å². The highest BCUT2D eigenvalue weighted by atomic mass is 32.2. The minimum absolute atomic E-state index is 0.000449. The van der Waals surface area contributed by atoms with Crippen molar-refractivity contribution in [3.8, 4) is 5.75 Å². The molecule has 0 aromatic heterocycles. The van der Waals surface area contributed by atoms with E-state index >= 15 is 0 Å². The zero-order chi connectivity index (χ0) is 17.6. The van der Waals surface area contributed by atoms with Crippen LogP contribution in [0.3, 0.4) is 0 Å². The number of hydrogen-bond acceptors (Lipinski definition) is 4. The average Bonchev–Trinajstić information content (AvgIpc) is 2.61. The Labute approximate surface area is 144 Å². The van der Waals surface area contributed by atoms with Crippen LogP contribution >= 0.6 is 0 Å². The minimum Gasteiger partial charge on any atom is -0.489 e. The van der Waals surface area contributed by atoms with Crippen molar-refractivity contribution >= 4 is 21.6 Å². The standard InChI is InChI=1S/C17H15FN2O4S/c18-14-2-1-3-15-16(14)20(8-9-24-15)25(22,23)12-5-4-11-6-7-19-17(21)13(11)10-12/h1-5,10H,6-9H2,(H,19,21). The molecule has 1 N–H and O–H groups in total. The minimum atomic E-state index is -4.02. The SMILES string of the molecule is O=C1NCCc2ccc(S(=O)(=O)N3CCOc4cccc(F)c43)cc21. The fourth-order valence-corrected chi connectivity index (χ4v) is 4.62. The van der Waals surface area contributed by atoms with E-state index in [1.807, 2.05) is 0 Å². The molecule has 0 saturated heterocycles. The number of benzene rings is 2. The smallest absolute Gasteiger partial charge is 0.264 e. The van der Waals surface area contributed by atoms with Gasteiger partial charge in [-0.2, -0.15) is 0 Å². The molecule has 4 rings (SSSR count). The number of carbonyl (C=O) groups excluding carboxylic acids is 1. The number of amides is 1. The highest BCUT2D eigenvalue weighted by Gasteiger charge is 2.33. The average molecular weight is 362 g/mol. The third-order valence-electron chi connectivity index (χ3n) is 4.34. The van der Waals surface area contributed by atoms with Gasteiger partial charge in [-0.05, 0) is 36.2 Å². The molecule has 8 heteroatoms. The first-order valence-corrected chi connectivity index (χ1v) is 9.27. The van der Waals surface area contributed by atoms with Crippen LogP contribution in [0.2, 0.25) is 0 Å². The first kappa shape index (κ1) is 15.9. The Kier molecular flexibility index (Phi) is 3.64. The molecule has 0 unspecified atom stereocenters. The predicted molar refractivity (Wildman–Crippen MR) is 88.9 cm³/mol. The number of nitrogens with one attached hydrogen (secondary N) is 1. The van der Waals surface area contributed by atoms with Crippen molar-refractivity contribution in [3.05, 3.63) is 53.3 Å². The van der Waals surface area contributed by atoms with Crippen molar-refractivity contribution in [1.82, 2.24) is 5.32 Å². The molecule has 0 bridgehead atoms. The van der Waals surface area contributed by atoms with Gasteiger partial charge >= 0.3 is 0 Å². The van der Waals surface area contributed by atoms with Crippen molar-refractivity contribution in [3.63, 3.8) is 0 Å². The fraction of sp³-hybridized carbons (Fsp3) is 0.235. The second kappa shape index (κ2) is 5.73. The van der Waals surface area contributed by atoms with E-state index < -0.39 is 15.8 Å². The quantitative estimate of drug-likeness (QED) is 0.882. The normalized spacial score (nSPS) is 16.5. The Balaban J connectivity index is 1.82. The lowest BCUT2D eigenvalue weighted by Gasteiger charge is -2.31. The number of hydrogen-bond donors (Lipinski definition) is 1. The van der Waals surface area contributed by atoms with Crippen LogP contribution < -0.4 is 14.4 Å². The zero-order valence-electron chi connectivity index (χ0n) is 13.2. The molecule has 130 valence electrons. The summed E-state index contributed by atoms with van der Waals surface area (Å²) in [6.07, 6.45) is 0.649. The monoisotopic (exact) mass is 362 g/mol. The Hall–Kier alpha value is -2.61. The predicted octanol–water partition coefficient (Wildman–Crippen LogP) is 1.70. The first-order valence-electron chi connectivity index (χ1n) is 7.83. The number of sulfonamides is 1. The molecule has 0 radical (unpaired) electrons. The molecule has 2 aliphatic heterocycles. The first-order chi connectivity index (χ1) is 12.0. The van der Waals surface area contributed by atoms with Gasteiger partial charge in [0.15, 0.2) is 5.82 Å². The van der Waals surface area contributed by atoms with Gasteiger partial charge in [0.25, 0.3) is 15.9 Å². The molecular weight excluding hydrogens is 347 g/mol. The van der Waals surface area contributed by atoms with Crippen LogP contribution in [0.5, 0.6) is 5.75 Å². The summed E-state index contributed by atoms with van der Waals surface area (Å²) in [6, 6.07) is 8.64. The molecule has 0 spiro atoms. The molecule has 2 aromatic rings. The number of nitrogens with zero attached hydrogens (tertiary/aromatic N) is 1. The van der Waals surface area contributed by atoms with E-state index in [2.05, 4.69) is 5.32 Å². The summed E-state index contributed by atoms with van der Waals surface area (Å²) in [6.45, 7) is 0.653. The number of fused-ring (bicyclic) bond motifs is 2. The van der Waals surface area contributed by atoms with E-state index in [1.54, 1.807) is 6.07 Å². The maximum absolute atomic E-state index is 14.3. The van der Waals surface area contributed by atoms with Crippen LogP contribution in [-0.4, -0.2) is 34.0 Å². The van der Waals surface area contributed by atoms with Gasteiger partial charge in [0.1, 0.15) is 18.0 Å². The largest absolute Gasteiger partial charge is 0.489 e. The second-order valence-electron chi connectivity index (χ2n) is 5.84. The van der Waals surface area contributed by atoms with Gasteiger partial charge in [-0.15, -0.1) is 0 Å². The Bertz CT molecular complexity index is 975. The fourth-order valence-electron chi connectivity index (χ4n) is 3.12. The van der Waals surface area contributed by atoms with E-state index in [4.69, 9.17) is 4.74 Å². The summed E-state index contributed by atoms with van der Waals surface area (Å²) >= 11 is 0. The van der Waals surface area contributed by atoms with Gasteiger partial charge in [0.05, 0.1) is 11.4 Å². The third-order valence-corrected chi connectivity index (χ3v) is 6.14. The molecule has 0 aliphatic carbocycles. The lowest BCUT2D eigenvalue weighted by atomic mass is 10.0. The molecule has 0 saturated carbocycles. The second-order valence-corrected chi connectivity index (χ2v) is 7.70. The summed E-state index contributed by atoms with van der Waals surface area (Å²) in [5.41, 5.74) is 1.04. The third kappa shape index (κ3) is 2.53. The molecule has 0 fully saturated rings. The Morgan fingerprint density at radius 1 is 1.20 bits per heavy atom. The number of anilines is 1. The van der Waals surface area contributed by atoms with Crippen LogP contribution in [-0.2, 0) is 16.4 Å². The van der Waals surface area contributed by atoms with Crippen LogP contribution in [0.4, 0.5) is 10.1 Å². The summed E-state index contributed by atoms with van der Waals surface area (Å²) in [5.74, 6) is -0.783. The topological polar surface area (TPSA) is 75.7 Å². The van der Waals surface area contributed by atoms with Crippen LogP contribution in [0.25, 0.3) is 0 Å². The number of halogens is 1. The Morgan fingerprint density at radius 3 is 2.88 bits per heavy atom. The molecule has 2 aliphatic rings. The molecule has 2 aromatic carbocycles. The van der Waals surface area contributed by atoms with Crippen molar-refractivity contribution in [2.75, 3.05) is 24.0 Å². The van der Waals surface area contributed by atoms with Crippen LogP contribution in [0.15, 0.2) is 41.3 Å². The van der Waals surface area contributed by atoms with Crippen molar-refractivity contribution in [2.24, 2.45) is 0 Å². The van der Waals surface area contributed by atoms with Gasteiger partial charge in [0.2, 0.25) is 0 Å². The molecular formula is C17H15FN2O4S. The van der Waals surface area contributed by atoms with Crippen LogP contribution in [0.1, 0.15) is 15.9 Å². The van der Waals surface area contributed by atoms with Crippen LogP contribution in [0, 0.1) is 5.82 Å². The van der Waals surface area contributed by atoms with Crippen molar-refractivity contribution < 1.29 is 22.3 Å². The van der Waals surface area contributed by atoms with Crippen molar-refractivity contribution in [1.29, 1.82) is 0 Å². The lowest BCUT2D eigenvalue weighted by Crippen LogP contribution is -2.39. The lowest BCUT2D eigenvalue weighted by molar-refractivity contribution is 0.0945. The highest BCUT2D eigenvalue weighted by molar-refractivity contribution is 7.92. The summed E-state index contributed by atoms with van der Waals surface area (Å²) in [7, 11) is -4.02. The Morgan fingerprint density at radius 2 is 2.04 bits per heavy atom. The van der Waals surface area contributed by atoms with E-state index in [0.717, 1.165) is 9.87 Å². The van der Waals surface area contributed by atoms with Gasteiger partial charge in [0, 0.05) is 12.1 Å². The maximum atomic E-state index is 14.3. The molecule has 1 amide bonds. The van der Waals surface area contributed by atoms with Gasteiger partial charge in [-0.25, -0.2) is 12.8 Å². The summed E-state index contributed by atoms with van der Waals surface area (Å²) < 4.78 is 46.8. The molecule has 0 atom stereocenters. The molecule has 2 heterocycles. The van der Waals surface area contributed by atoms with E-state index in [1.165, 1.54) is 30.3 Å². The van der Waals surface area contributed by atoms with E-state index in [-0.39, 0.29) is 35.4 Å². The number of para-hydroxylation sites is 1. The van der Waals surface area contributed by atoms with Gasteiger partial charge in [-0.3, -0.25) is 9.10 Å². The van der Waals surface area contributed by atoms with E-state index in [0.29, 0.717) is 18.5 Å². The maximum Gasteiger partial charge on any atom is 0.264 e. The summed E-state index contributed by atoms with van der Waals surface area (Å²) in [5, 5.41) is 2.69. The highest BCUT2D eigenvalue weighted by Crippen LogP contribution is 2.37. The number of rotatable bonds is 2. The molecule has 25 heavy (non-hydrogen) atoms. The number of carbonyl (C=O) groups is 1. The zero-order valence-corrected chi connectivity index (χ0v) is 14.0. The molecule has 6 nitrogen and oxygen atoms in total. The van der Waals surface area contributed by atoms with Gasteiger partial charge in [-0.1, -0.05) is 12.1 Å². The van der Waals surface area contributed by atoms with Gasteiger partial charge < -0.3 is 10.1 Å². The number of ether oxygens (including phenoxy) is 1. The summed E-state index contributed by atoms with van der Waals surface area (Å²) in [4.78, 5) is 12.0. The van der Waals surface area contributed by atoms with Crippen molar-refractivity contribution in [2.45, 2.75) is 11.3 Å².